The standard InChI is InChI=1S/C19H30/c1-18-11-5-7-16(18)15-9-8-14-6-3-4-12-19(14,2)17(15)10-13-18/h3-4,14-17H,5-13H2,1-2H3/t14-,15?,16?,17?,18?,19?/m1/s1. The second-order valence-corrected chi connectivity index (χ2v) is 8.65. The fourth-order valence-corrected chi connectivity index (χ4v) is 6.83. The minimum absolute atomic E-state index is 0.654. The number of hydrogen-bond acceptors (Lipinski definition) is 0. The molecule has 0 N–H and O–H groups in total. The van der Waals surface area contributed by atoms with Crippen LogP contribution >= 0.6 is 0 Å². The van der Waals surface area contributed by atoms with Crippen molar-refractivity contribution < 1.29 is 0 Å². The second kappa shape index (κ2) is 4.12. The van der Waals surface area contributed by atoms with Gasteiger partial charge in [0.25, 0.3) is 0 Å². The molecule has 0 radical (unpaired) electrons. The smallest absolute Gasteiger partial charge is 0.0229 e. The van der Waals surface area contributed by atoms with Gasteiger partial charge < -0.3 is 0 Å². The molecule has 0 heteroatoms. The highest BCUT2D eigenvalue weighted by Crippen LogP contribution is 2.65. The van der Waals surface area contributed by atoms with Crippen LogP contribution in [0.2, 0.25) is 0 Å². The van der Waals surface area contributed by atoms with Gasteiger partial charge in [-0.15, -0.1) is 0 Å². The molecule has 0 aromatic heterocycles. The summed E-state index contributed by atoms with van der Waals surface area (Å²) in [6.07, 6.45) is 18.5. The Kier molecular flexibility index (Phi) is 2.71. The van der Waals surface area contributed by atoms with Gasteiger partial charge in [0.1, 0.15) is 0 Å². The van der Waals surface area contributed by atoms with Crippen LogP contribution in [0, 0.1) is 34.5 Å². The highest BCUT2D eigenvalue weighted by Gasteiger charge is 2.56. The van der Waals surface area contributed by atoms with E-state index in [1.807, 2.05) is 0 Å². The van der Waals surface area contributed by atoms with Gasteiger partial charge in [0.05, 0.1) is 0 Å². The maximum Gasteiger partial charge on any atom is -0.0229 e. The number of allylic oxidation sites excluding steroid dienone is 2. The van der Waals surface area contributed by atoms with E-state index in [9.17, 15) is 0 Å². The van der Waals surface area contributed by atoms with Gasteiger partial charge in [0.2, 0.25) is 0 Å². The van der Waals surface area contributed by atoms with E-state index in [0.717, 1.165) is 29.1 Å². The summed E-state index contributed by atoms with van der Waals surface area (Å²) in [6.45, 7) is 5.27. The van der Waals surface area contributed by atoms with Crippen molar-refractivity contribution in [2.24, 2.45) is 34.5 Å². The summed E-state index contributed by atoms with van der Waals surface area (Å²) in [5.41, 5.74) is 1.39. The average Bonchev–Trinajstić information content (AvgIpc) is 2.79. The van der Waals surface area contributed by atoms with Crippen molar-refractivity contribution in [2.45, 2.75) is 71.6 Å². The lowest BCUT2D eigenvalue weighted by molar-refractivity contribution is -0.0870. The van der Waals surface area contributed by atoms with Crippen LogP contribution < -0.4 is 0 Å². The van der Waals surface area contributed by atoms with E-state index < -0.39 is 0 Å². The van der Waals surface area contributed by atoms with Gasteiger partial charge in [-0.1, -0.05) is 32.4 Å². The largest absolute Gasteiger partial charge is 0.0882 e. The molecule has 0 bridgehead atoms. The zero-order chi connectivity index (χ0) is 13.1. The first-order valence-electron chi connectivity index (χ1n) is 8.78. The minimum atomic E-state index is 0.654. The molecule has 106 valence electrons. The van der Waals surface area contributed by atoms with E-state index in [1.165, 1.54) is 38.5 Å². The third-order valence-corrected chi connectivity index (χ3v) is 7.99. The van der Waals surface area contributed by atoms with E-state index >= 15 is 0 Å². The van der Waals surface area contributed by atoms with Gasteiger partial charge in [-0.3, -0.25) is 0 Å². The summed E-state index contributed by atoms with van der Waals surface area (Å²) >= 11 is 0. The zero-order valence-corrected chi connectivity index (χ0v) is 12.8. The minimum Gasteiger partial charge on any atom is -0.0882 e. The molecule has 6 atom stereocenters. The molecule has 4 rings (SSSR count). The first-order chi connectivity index (χ1) is 9.13. The van der Waals surface area contributed by atoms with Crippen LogP contribution in [0.15, 0.2) is 12.2 Å². The lowest BCUT2D eigenvalue weighted by atomic mass is 9.46. The molecule has 0 spiro atoms. The Morgan fingerprint density at radius 3 is 2.68 bits per heavy atom. The maximum atomic E-state index is 2.65. The van der Waals surface area contributed by atoms with Gasteiger partial charge in [-0.25, -0.2) is 0 Å². The first-order valence-corrected chi connectivity index (χ1v) is 8.78. The summed E-state index contributed by atoms with van der Waals surface area (Å²) in [5.74, 6) is 4.21. The van der Waals surface area contributed by atoms with Gasteiger partial charge in [-0.05, 0) is 85.9 Å². The third-order valence-electron chi connectivity index (χ3n) is 7.99. The Hall–Kier alpha value is -0.260. The average molecular weight is 258 g/mol. The van der Waals surface area contributed by atoms with Crippen LogP contribution in [0.25, 0.3) is 0 Å². The topological polar surface area (TPSA) is 0 Å². The zero-order valence-electron chi connectivity index (χ0n) is 12.8. The molecule has 0 nitrogen and oxygen atoms in total. The van der Waals surface area contributed by atoms with Crippen molar-refractivity contribution in [3.63, 3.8) is 0 Å². The van der Waals surface area contributed by atoms with Crippen molar-refractivity contribution in [1.29, 1.82) is 0 Å². The molecular formula is C19H30. The van der Waals surface area contributed by atoms with Gasteiger partial charge >= 0.3 is 0 Å². The van der Waals surface area contributed by atoms with E-state index in [4.69, 9.17) is 0 Å². The van der Waals surface area contributed by atoms with Gasteiger partial charge in [0, 0.05) is 0 Å². The molecule has 19 heavy (non-hydrogen) atoms. The van der Waals surface area contributed by atoms with E-state index in [2.05, 4.69) is 26.0 Å². The predicted octanol–water partition coefficient (Wildman–Crippen LogP) is 5.59. The highest BCUT2D eigenvalue weighted by molar-refractivity contribution is 5.10. The molecule has 5 unspecified atom stereocenters. The van der Waals surface area contributed by atoms with Gasteiger partial charge in [-0.2, -0.15) is 0 Å². The van der Waals surface area contributed by atoms with E-state index in [-0.39, 0.29) is 0 Å². The fraction of sp³-hybridized carbons (Fsp3) is 0.895. The third kappa shape index (κ3) is 1.64. The van der Waals surface area contributed by atoms with E-state index in [1.54, 1.807) is 19.3 Å². The van der Waals surface area contributed by atoms with Crippen LogP contribution in [-0.2, 0) is 0 Å². The predicted molar refractivity (Wildman–Crippen MR) is 80.9 cm³/mol. The lowest BCUT2D eigenvalue weighted by Crippen LogP contribution is -2.51. The molecule has 0 aromatic rings. The van der Waals surface area contributed by atoms with Crippen LogP contribution in [-0.4, -0.2) is 0 Å². The Morgan fingerprint density at radius 2 is 1.79 bits per heavy atom. The van der Waals surface area contributed by atoms with Crippen molar-refractivity contribution in [2.75, 3.05) is 0 Å². The monoisotopic (exact) mass is 258 g/mol. The SMILES string of the molecule is CC12CCCC1C1CC[C@H]3CC=CCC3(C)C1CC2. The van der Waals surface area contributed by atoms with Crippen molar-refractivity contribution >= 4 is 0 Å². The molecule has 0 aromatic carbocycles. The summed E-state index contributed by atoms with van der Waals surface area (Å²) in [7, 11) is 0. The molecule has 0 heterocycles. The molecular weight excluding hydrogens is 228 g/mol. The molecule has 0 saturated heterocycles. The highest BCUT2D eigenvalue weighted by atomic mass is 14.6. The molecule has 4 aliphatic carbocycles. The number of hydrogen-bond donors (Lipinski definition) is 0. The van der Waals surface area contributed by atoms with Crippen LogP contribution in [0.5, 0.6) is 0 Å². The van der Waals surface area contributed by atoms with Crippen molar-refractivity contribution in [3.8, 4) is 0 Å². The van der Waals surface area contributed by atoms with E-state index in [0.29, 0.717) is 5.41 Å². The second-order valence-electron chi connectivity index (χ2n) is 8.65. The van der Waals surface area contributed by atoms with Crippen LogP contribution in [0.3, 0.4) is 0 Å². The summed E-state index contributed by atoms with van der Waals surface area (Å²) in [4.78, 5) is 0. The fourth-order valence-electron chi connectivity index (χ4n) is 6.83. The number of fused-ring (bicyclic) bond motifs is 5. The molecule has 4 aliphatic rings. The Bertz CT molecular complexity index is 395. The van der Waals surface area contributed by atoms with Crippen molar-refractivity contribution in [1.82, 2.24) is 0 Å². The summed E-state index contributed by atoms with van der Waals surface area (Å²) in [6, 6.07) is 0. The Balaban J connectivity index is 1.67. The van der Waals surface area contributed by atoms with Crippen molar-refractivity contribution in [3.05, 3.63) is 12.2 Å². The number of rotatable bonds is 0. The Morgan fingerprint density at radius 1 is 0.895 bits per heavy atom. The lowest BCUT2D eigenvalue weighted by Gasteiger charge is -2.59. The maximum absolute atomic E-state index is 2.65. The quantitative estimate of drug-likeness (QED) is 0.497. The van der Waals surface area contributed by atoms with Crippen LogP contribution in [0.4, 0.5) is 0 Å². The molecule has 0 amide bonds. The molecule has 3 fully saturated rings. The molecule has 3 saturated carbocycles. The molecule has 0 aliphatic heterocycles. The van der Waals surface area contributed by atoms with Crippen LogP contribution in [0.1, 0.15) is 71.6 Å². The summed E-state index contributed by atoms with van der Waals surface area (Å²) < 4.78 is 0. The first kappa shape index (κ1) is 12.5. The normalized spacial score (nSPS) is 56.3. The Labute approximate surface area is 119 Å². The summed E-state index contributed by atoms with van der Waals surface area (Å²) in [5, 5.41) is 0. The van der Waals surface area contributed by atoms with Gasteiger partial charge in [0.15, 0.2) is 0 Å².